The van der Waals surface area contributed by atoms with E-state index in [1.165, 1.54) is 0 Å². The Kier molecular flexibility index (Phi) is 4.08. The molecule has 0 aliphatic heterocycles. The van der Waals surface area contributed by atoms with E-state index in [9.17, 15) is 0 Å². The van der Waals surface area contributed by atoms with Crippen LogP contribution in [0.5, 0.6) is 0 Å². The van der Waals surface area contributed by atoms with E-state index >= 15 is 0 Å². The van der Waals surface area contributed by atoms with Crippen molar-refractivity contribution >= 4 is 27.4 Å². The highest BCUT2D eigenvalue weighted by Crippen LogP contribution is 2.25. The fourth-order valence-electron chi connectivity index (χ4n) is 2.09. The number of nitrogens with one attached hydrogen (secondary N) is 1. The molecule has 0 fully saturated rings. The first-order chi connectivity index (χ1) is 10.3. The lowest BCUT2D eigenvalue weighted by Gasteiger charge is -2.08. The highest BCUT2D eigenvalue weighted by atomic mass is 32.1. The summed E-state index contributed by atoms with van der Waals surface area (Å²) in [6, 6.07) is 6.00. The van der Waals surface area contributed by atoms with Gasteiger partial charge in [0.1, 0.15) is 5.82 Å². The fraction of sp³-hybridized carbons (Fsp3) is 0.267. The van der Waals surface area contributed by atoms with Crippen LogP contribution in [0.2, 0.25) is 0 Å². The predicted octanol–water partition coefficient (Wildman–Crippen LogP) is 3.33. The zero-order chi connectivity index (χ0) is 14.7. The van der Waals surface area contributed by atoms with Gasteiger partial charge in [-0.25, -0.2) is 9.97 Å². The number of thiophene rings is 1. The molecule has 3 rings (SSSR count). The maximum Gasteiger partial charge on any atom is 0.163 e. The fourth-order valence-corrected chi connectivity index (χ4v) is 2.87. The molecule has 0 bridgehead atoms. The molecule has 0 radical (unpaired) electrons. The summed E-state index contributed by atoms with van der Waals surface area (Å²) in [5, 5.41) is 5.26. The molecule has 1 N–H and O–H groups in total. The standard InChI is InChI=1S/C15H16N4OS/c1-3-16-14-7-11(9-20-2)18-15(19-14)10-6-13-12(17-8-10)4-5-21-13/h4-8H,3,9H2,1-2H3,(H,16,18,19). The minimum atomic E-state index is 0.461. The molecule has 3 aromatic rings. The van der Waals surface area contributed by atoms with Crippen LogP contribution in [0.25, 0.3) is 21.6 Å². The van der Waals surface area contributed by atoms with Gasteiger partial charge >= 0.3 is 0 Å². The highest BCUT2D eigenvalue weighted by molar-refractivity contribution is 7.17. The van der Waals surface area contributed by atoms with Crippen LogP contribution in [0.15, 0.2) is 29.8 Å². The number of anilines is 1. The molecule has 3 heterocycles. The number of methoxy groups -OCH3 is 1. The zero-order valence-corrected chi connectivity index (χ0v) is 12.8. The van der Waals surface area contributed by atoms with Crippen LogP contribution in [0, 0.1) is 0 Å². The molecule has 0 spiro atoms. The number of nitrogens with zero attached hydrogens (tertiary/aromatic N) is 3. The van der Waals surface area contributed by atoms with Gasteiger partial charge in [-0.1, -0.05) is 0 Å². The quantitative estimate of drug-likeness (QED) is 0.783. The molecule has 0 aliphatic carbocycles. The van der Waals surface area contributed by atoms with Crippen molar-refractivity contribution in [1.82, 2.24) is 15.0 Å². The van der Waals surface area contributed by atoms with Crippen LogP contribution in [-0.2, 0) is 11.3 Å². The lowest BCUT2D eigenvalue weighted by atomic mass is 10.2. The molecule has 0 atom stereocenters. The normalized spacial score (nSPS) is 11.0. The van der Waals surface area contributed by atoms with Crippen LogP contribution in [0.4, 0.5) is 5.82 Å². The number of rotatable bonds is 5. The van der Waals surface area contributed by atoms with E-state index in [1.807, 2.05) is 30.6 Å². The molecule has 0 unspecified atom stereocenters. The van der Waals surface area contributed by atoms with Gasteiger partial charge in [0.05, 0.1) is 22.5 Å². The van der Waals surface area contributed by atoms with Crippen LogP contribution < -0.4 is 5.32 Å². The SMILES string of the molecule is CCNc1cc(COC)nc(-c2cnc3ccsc3c2)n1. The largest absolute Gasteiger partial charge is 0.378 e. The second-order valence-corrected chi connectivity index (χ2v) is 5.51. The smallest absolute Gasteiger partial charge is 0.163 e. The summed E-state index contributed by atoms with van der Waals surface area (Å²) in [4.78, 5) is 13.6. The minimum Gasteiger partial charge on any atom is -0.378 e. The van der Waals surface area contributed by atoms with Gasteiger partial charge in [-0.05, 0) is 24.4 Å². The van der Waals surface area contributed by atoms with Crippen LogP contribution >= 0.6 is 11.3 Å². The maximum absolute atomic E-state index is 5.18. The Balaban J connectivity index is 2.06. The van der Waals surface area contributed by atoms with Gasteiger partial charge in [-0.3, -0.25) is 4.98 Å². The van der Waals surface area contributed by atoms with Crippen LogP contribution in [-0.4, -0.2) is 28.6 Å². The number of fused-ring (bicyclic) bond motifs is 1. The highest BCUT2D eigenvalue weighted by Gasteiger charge is 2.08. The number of hydrogen-bond donors (Lipinski definition) is 1. The summed E-state index contributed by atoms with van der Waals surface area (Å²) in [6.45, 7) is 3.31. The molecule has 108 valence electrons. The predicted molar refractivity (Wildman–Crippen MR) is 85.5 cm³/mol. The molecule has 0 saturated carbocycles. The van der Waals surface area contributed by atoms with Gasteiger partial charge in [0.2, 0.25) is 0 Å². The summed E-state index contributed by atoms with van der Waals surface area (Å²) < 4.78 is 6.32. The van der Waals surface area contributed by atoms with Crippen molar-refractivity contribution in [2.75, 3.05) is 19.0 Å². The molecule has 5 nitrogen and oxygen atoms in total. The second kappa shape index (κ2) is 6.15. The monoisotopic (exact) mass is 300 g/mol. The van der Waals surface area contributed by atoms with Crippen LogP contribution in [0.1, 0.15) is 12.6 Å². The van der Waals surface area contributed by atoms with E-state index in [0.717, 1.165) is 33.8 Å². The Morgan fingerprint density at radius 2 is 2.19 bits per heavy atom. The van der Waals surface area contributed by atoms with Gasteiger partial charge in [0.25, 0.3) is 0 Å². The third-order valence-electron chi connectivity index (χ3n) is 2.99. The average Bonchev–Trinajstić information content (AvgIpc) is 2.95. The Labute approximate surface area is 127 Å². The maximum atomic E-state index is 5.18. The van der Waals surface area contributed by atoms with Crippen molar-refractivity contribution in [1.29, 1.82) is 0 Å². The van der Waals surface area contributed by atoms with Gasteiger partial charge in [-0.2, -0.15) is 0 Å². The molecule has 21 heavy (non-hydrogen) atoms. The first kappa shape index (κ1) is 13.9. The number of hydrogen-bond acceptors (Lipinski definition) is 6. The number of pyridine rings is 1. The summed E-state index contributed by atoms with van der Waals surface area (Å²) >= 11 is 1.67. The summed E-state index contributed by atoms with van der Waals surface area (Å²) in [6.07, 6.45) is 1.82. The van der Waals surface area contributed by atoms with E-state index in [2.05, 4.69) is 26.3 Å². The molecular formula is C15H16N4OS. The molecule has 0 aromatic carbocycles. The van der Waals surface area contributed by atoms with Crippen molar-refractivity contribution in [2.24, 2.45) is 0 Å². The zero-order valence-electron chi connectivity index (χ0n) is 12.0. The molecule has 6 heteroatoms. The topological polar surface area (TPSA) is 59.9 Å². The second-order valence-electron chi connectivity index (χ2n) is 4.56. The van der Waals surface area contributed by atoms with Crippen molar-refractivity contribution < 1.29 is 4.74 Å². The average molecular weight is 300 g/mol. The molecule has 0 aliphatic rings. The Bertz CT molecular complexity index is 732. The first-order valence-corrected chi connectivity index (χ1v) is 7.62. The van der Waals surface area contributed by atoms with E-state index in [4.69, 9.17) is 4.74 Å². The Morgan fingerprint density at radius 3 is 3.00 bits per heavy atom. The molecule has 0 amide bonds. The van der Waals surface area contributed by atoms with E-state index < -0.39 is 0 Å². The summed E-state index contributed by atoms with van der Waals surface area (Å²) in [7, 11) is 1.66. The van der Waals surface area contributed by atoms with Crippen molar-refractivity contribution in [3.63, 3.8) is 0 Å². The lowest BCUT2D eigenvalue weighted by Crippen LogP contribution is -2.04. The van der Waals surface area contributed by atoms with Gasteiger partial charge in [-0.15, -0.1) is 11.3 Å². The third-order valence-corrected chi connectivity index (χ3v) is 3.84. The van der Waals surface area contributed by atoms with Gasteiger partial charge in [0.15, 0.2) is 5.82 Å². The van der Waals surface area contributed by atoms with Gasteiger partial charge < -0.3 is 10.1 Å². The van der Waals surface area contributed by atoms with Crippen molar-refractivity contribution in [2.45, 2.75) is 13.5 Å². The lowest BCUT2D eigenvalue weighted by molar-refractivity contribution is 0.181. The third kappa shape index (κ3) is 3.01. The van der Waals surface area contributed by atoms with E-state index in [1.54, 1.807) is 18.4 Å². The van der Waals surface area contributed by atoms with E-state index in [0.29, 0.717) is 12.4 Å². The number of ether oxygens (including phenoxy) is 1. The first-order valence-electron chi connectivity index (χ1n) is 6.74. The summed E-state index contributed by atoms with van der Waals surface area (Å²) in [5.74, 6) is 1.48. The molecule has 0 saturated heterocycles. The number of aromatic nitrogens is 3. The molecule has 3 aromatic heterocycles. The summed E-state index contributed by atoms with van der Waals surface area (Å²) in [5.41, 5.74) is 2.77. The van der Waals surface area contributed by atoms with Crippen molar-refractivity contribution in [3.05, 3.63) is 35.5 Å². The van der Waals surface area contributed by atoms with Gasteiger partial charge in [0, 0.05) is 31.5 Å². The molecular weight excluding hydrogens is 284 g/mol. The Morgan fingerprint density at radius 1 is 1.29 bits per heavy atom. The Hall–Kier alpha value is -2.05. The van der Waals surface area contributed by atoms with E-state index in [-0.39, 0.29) is 0 Å². The minimum absolute atomic E-state index is 0.461. The van der Waals surface area contributed by atoms with Crippen LogP contribution in [0.3, 0.4) is 0 Å². The van der Waals surface area contributed by atoms with Crippen molar-refractivity contribution in [3.8, 4) is 11.4 Å².